The number of benzene rings is 6. The van der Waals surface area contributed by atoms with Crippen LogP contribution in [0.3, 0.4) is 0 Å². The predicted octanol–water partition coefficient (Wildman–Crippen LogP) is 11.9. The molecule has 2 heteroatoms. The summed E-state index contributed by atoms with van der Waals surface area (Å²) in [6.45, 7) is 9.57. The van der Waals surface area contributed by atoms with E-state index in [4.69, 9.17) is 0 Å². The molecule has 0 radical (unpaired) electrons. The van der Waals surface area contributed by atoms with Gasteiger partial charge >= 0.3 is 0 Å². The average Bonchev–Trinajstić information content (AvgIpc) is 3.49. The molecule has 1 aliphatic rings. The highest BCUT2D eigenvalue weighted by Gasteiger charge is 2.41. The fourth-order valence-corrected chi connectivity index (χ4v) is 7.99. The van der Waals surface area contributed by atoms with Crippen LogP contribution in [-0.4, -0.2) is 4.57 Å². The minimum atomic E-state index is 0.127. The van der Waals surface area contributed by atoms with Crippen molar-refractivity contribution < 1.29 is 0 Å². The van der Waals surface area contributed by atoms with E-state index in [1.165, 1.54) is 44.1 Å². The molecule has 0 bridgehead atoms. The number of rotatable bonds is 5. The standard InChI is InChI=1S/C43H38N2/c1-42(2)29-43(3,4)39-27-30(23-24-38(39)42)31-25-34(44(32-15-7-5-8-16-32)33-17-9-6-10-18-33)28-35(26-31)45-40-21-13-11-19-36(40)37-20-12-14-22-41(37)45/h5-28H,29H2,1-4H3. The Labute approximate surface area is 266 Å². The van der Waals surface area contributed by atoms with Gasteiger partial charge in [0.15, 0.2) is 0 Å². The second-order valence-electron chi connectivity index (χ2n) is 13.8. The maximum atomic E-state index is 2.47. The molecule has 1 aliphatic carbocycles. The van der Waals surface area contributed by atoms with Crippen LogP contribution in [0.1, 0.15) is 45.2 Å². The Hall–Kier alpha value is -5.08. The highest BCUT2D eigenvalue weighted by Crippen LogP contribution is 2.50. The lowest BCUT2D eigenvalue weighted by Gasteiger charge is -2.27. The Kier molecular flexibility index (Phi) is 6.25. The molecule has 45 heavy (non-hydrogen) atoms. The molecule has 2 nitrogen and oxygen atoms in total. The highest BCUT2D eigenvalue weighted by atomic mass is 15.1. The van der Waals surface area contributed by atoms with E-state index in [2.05, 4.69) is 183 Å². The zero-order chi connectivity index (χ0) is 30.8. The summed E-state index contributed by atoms with van der Waals surface area (Å²) in [6, 6.07) is 53.2. The van der Waals surface area contributed by atoms with Crippen molar-refractivity contribution in [1.29, 1.82) is 0 Å². The fourth-order valence-electron chi connectivity index (χ4n) is 7.99. The summed E-state index contributed by atoms with van der Waals surface area (Å²) in [6.07, 6.45) is 1.15. The molecule has 0 N–H and O–H groups in total. The molecule has 1 aromatic heterocycles. The molecule has 0 saturated heterocycles. The zero-order valence-electron chi connectivity index (χ0n) is 26.5. The Bertz CT molecular complexity index is 2090. The van der Waals surface area contributed by atoms with Crippen molar-refractivity contribution in [2.45, 2.75) is 44.9 Å². The summed E-state index contributed by atoms with van der Waals surface area (Å²) < 4.78 is 2.44. The van der Waals surface area contributed by atoms with Crippen LogP contribution in [0.2, 0.25) is 0 Å². The maximum absolute atomic E-state index is 2.47. The minimum absolute atomic E-state index is 0.127. The van der Waals surface area contributed by atoms with Gasteiger partial charge in [0.2, 0.25) is 0 Å². The van der Waals surface area contributed by atoms with Crippen LogP contribution in [0.4, 0.5) is 17.1 Å². The van der Waals surface area contributed by atoms with Crippen LogP contribution in [0.15, 0.2) is 146 Å². The van der Waals surface area contributed by atoms with E-state index in [1.54, 1.807) is 0 Å². The third-order valence-corrected chi connectivity index (χ3v) is 9.72. The lowest BCUT2D eigenvalue weighted by molar-refractivity contribution is 0.403. The molecule has 6 aromatic carbocycles. The van der Waals surface area contributed by atoms with Gasteiger partial charge in [-0.15, -0.1) is 0 Å². The number of aromatic nitrogens is 1. The van der Waals surface area contributed by atoms with Gasteiger partial charge in [0, 0.05) is 33.5 Å². The van der Waals surface area contributed by atoms with E-state index in [-0.39, 0.29) is 10.8 Å². The summed E-state index contributed by atoms with van der Waals surface area (Å²) in [5, 5.41) is 2.54. The van der Waals surface area contributed by atoms with Crippen molar-refractivity contribution in [2.24, 2.45) is 0 Å². The van der Waals surface area contributed by atoms with Crippen molar-refractivity contribution >= 4 is 38.9 Å². The Morgan fingerprint density at radius 2 is 1.00 bits per heavy atom. The molecule has 8 rings (SSSR count). The number of para-hydroxylation sites is 4. The number of nitrogens with zero attached hydrogens (tertiary/aromatic N) is 2. The molecule has 1 heterocycles. The van der Waals surface area contributed by atoms with E-state index < -0.39 is 0 Å². The second kappa shape index (κ2) is 10.2. The van der Waals surface area contributed by atoms with Gasteiger partial charge in [-0.05, 0) is 94.1 Å². The molecule has 0 saturated carbocycles. The predicted molar refractivity (Wildman–Crippen MR) is 192 cm³/mol. The van der Waals surface area contributed by atoms with Crippen LogP contribution >= 0.6 is 0 Å². The monoisotopic (exact) mass is 582 g/mol. The minimum Gasteiger partial charge on any atom is -0.310 e. The molecule has 0 aliphatic heterocycles. The van der Waals surface area contributed by atoms with Crippen molar-refractivity contribution in [1.82, 2.24) is 4.57 Å². The number of hydrogen-bond acceptors (Lipinski definition) is 1. The summed E-state index contributed by atoms with van der Waals surface area (Å²) in [4.78, 5) is 2.38. The molecule has 0 amide bonds. The number of anilines is 3. The van der Waals surface area contributed by atoms with E-state index in [1.807, 2.05) is 0 Å². The SMILES string of the molecule is CC1(C)CC(C)(C)c2cc(-c3cc(N(c4ccccc4)c4ccccc4)cc(-n4c5ccccc5c5ccccc54)c3)ccc21. The first kappa shape index (κ1) is 27.5. The first-order chi connectivity index (χ1) is 21.8. The van der Waals surface area contributed by atoms with E-state index in [0.29, 0.717) is 0 Å². The van der Waals surface area contributed by atoms with Gasteiger partial charge in [0.1, 0.15) is 0 Å². The van der Waals surface area contributed by atoms with E-state index in [9.17, 15) is 0 Å². The second-order valence-corrected chi connectivity index (χ2v) is 13.8. The Morgan fingerprint density at radius 3 is 1.60 bits per heavy atom. The average molecular weight is 583 g/mol. The molecule has 0 spiro atoms. The topological polar surface area (TPSA) is 8.17 Å². The third kappa shape index (κ3) is 4.56. The number of fused-ring (bicyclic) bond motifs is 4. The maximum Gasteiger partial charge on any atom is 0.0541 e. The highest BCUT2D eigenvalue weighted by molar-refractivity contribution is 6.09. The van der Waals surface area contributed by atoms with Crippen molar-refractivity contribution in [3.05, 3.63) is 157 Å². The molecular formula is C43H38N2. The van der Waals surface area contributed by atoms with E-state index >= 15 is 0 Å². The lowest BCUT2D eigenvalue weighted by Crippen LogP contribution is -2.17. The first-order valence-electron chi connectivity index (χ1n) is 16.0. The summed E-state index contributed by atoms with van der Waals surface area (Å²) in [7, 11) is 0. The van der Waals surface area contributed by atoms with E-state index in [0.717, 1.165) is 29.2 Å². The molecular weight excluding hydrogens is 544 g/mol. The van der Waals surface area contributed by atoms with Crippen LogP contribution in [0.5, 0.6) is 0 Å². The van der Waals surface area contributed by atoms with Crippen LogP contribution in [0.25, 0.3) is 38.6 Å². The van der Waals surface area contributed by atoms with Gasteiger partial charge in [-0.2, -0.15) is 0 Å². The quantitative estimate of drug-likeness (QED) is 0.196. The summed E-state index contributed by atoms with van der Waals surface area (Å²) in [5.74, 6) is 0. The van der Waals surface area contributed by atoms with Crippen LogP contribution in [-0.2, 0) is 10.8 Å². The zero-order valence-corrected chi connectivity index (χ0v) is 26.5. The molecule has 7 aromatic rings. The largest absolute Gasteiger partial charge is 0.310 e. The molecule has 0 unspecified atom stereocenters. The summed E-state index contributed by atoms with van der Waals surface area (Å²) in [5.41, 5.74) is 12.7. The number of hydrogen-bond donors (Lipinski definition) is 0. The first-order valence-corrected chi connectivity index (χ1v) is 16.0. The van der Waals surface area contributed by atoms with Crippen LogP contribution in [0, 0.1) is 0 Å². The van der Waals surface area contributed by atoms with Crippen molar-refractivity contribution in [3.63, 3.8) is 0 Å². The molecule has 0 fully saturated rings. The fraction of sp³-hybridized carbons (Fsp3) is 0.163. The molecule has 220 valence electrons. The lowest BCUT2D eigenvalue weighted by atomic mass is 9.82. The van der Waals surface area contributed by atoms with Gasteiger partial charge < -0.3 is 9.47 Å². The molecule has 0 atom stereocenters. The van der Waals surface area contributed by atoms with Gasteiger partial charge in [-0.3, -0.25) is 0 Å². The van der Waals surface area contributed by atoms with Gasteiger partial charge in [-0.1, -0.05) is 119 Å². The Morgan fingerprint density at radius 1 is 0.467 bits per heavy atom. The van der Waals surface area contributed by atoms with Gasteiger partial charge in [-0.25, -0.2) is 0 Å². The van der Waals surface area contributed by atoms with Crippen molar-refractivity contribution in [3.8, 4) is 16.8 Å². The smallest absolute Gasteiger partial charge is 0.0541 e. The Balaban J connectivity index is 1.43. The normalized spacial score (nSPS) is 14.9. The third-order valence-electron chi connectivity index (χ3n) is 9.72. The van der Waals surface area contributed by atoms with Crippen LogP contribution < -0.4 is 4.90 Å². The van der Waals surface area contributed by atoms with Gasteiger partial charge in [0.25, 0.3) is 0 Å². The van der Waals surface area contributed by atoms with Crippen molar-refractivity contribution in [2.75, 3.05) is 4.90 Å². The summed E-state index contributed by atoms with van der Waals surface area (Å²) >= 11 is 0. The van der Waals surface area contributed by atoms with Gasteiger partial charge in [0.05, 0.1) is 11.0 Å².